The molecule has 0 radical (unpaired) electrons. The second-order valence-electron chi connectivity index (χ2n) is 13.9. The first-order valence-electron chi connectivity index (χ1n) is 17.1. The lowest BCUT2D eigenvalue weighted by molar-refractivity contribution is -0.158. The number of carbonyl (C=O) groups is 4. The molecule has 1 saturated carbocycles. The van der Waals surface area contributed by atoms with E-state index in [1.54, 1.807) is 12.1 Å². The van der Waals surface area contributed by atoms with Crippen LogP contribution in [0.3, 0.4) is 0 Å². The number of nitrogens with zero attached hydrogens (tertiary/aromatic N) is 3. The highest BCUT2D eigenvalue weighted by Crippen LogP contribution is 2.62. The number of carboxylic acid groups (broad SMARTS) is 1. The molecule has 2 aliphatic carbocycles. The Bertz CT molecular complexity index is 1560. The SMILES string of the molecule is Cc1ccc(O)c2c1C13CCN(CC4CC4)C(C)C1(O)CC=C(OC(=O)N(C)CCNC(=O)C(CCCN=C(N)N)NC(=O)CC(=O)O)C3O2. The number of nitrogens with two attached hydrogens (primary N) is 2. The van der Waals surface area contributed by atoms with Crippen molar-refractivity contribution in [1.82, 2.24) is 20.4 Å². The number of aromatic hydroxyl groups is 1. The number of phenolic OH excluding ortho intramolecular Hbond substituents is 1. The monoisotopic (exact) mass is 699 g/mol. The van der Waals surface area contributed by atoms with Gasteiger partial charge >= 0.3 is 12.1 Å². The molecule has 0 aromatic heterocycles. The number of likely N-dealkylation sites (tertiary alicyclic amines) is 1. The molecular formula is C34H49N7O9. The summed E-state index contributed by atoms with van der Waals surface area (Å²) in [7, 11) is 1.50. The molecule has 5 rings (SSSR count). The molecule has 5 unspecified atom stereocenters. The third-order valence-electron chi connectivity index (χ3n) is 10.5. The number of hydrogen-bond donors (Lipinski definition) is 7. The number of amides is 3. The molecular weight excluding hydrogens is 650 g/mol. The van der Waals surface area contributed by atoms with E-state index in [4.69, 9.17) is 26.0 Å². The Balaban J connectivity index is 1.25. The van der Waals surface area contributed by atoms with Gasteiger partial charge in [0.2, 0.25) is 11.8 Å². The van der Waals surface area contributed by atoms with Gasteiger partial charge in [-0.05, 0) is 76.1 Å². The lowest BCUT2D eigenvalue weighted by Gasteiger charge is -2.59. The minimum absolute atomic E-state index is 0.000841. The summed E-state index contributed by atoms with van der Waals surface area (Å²) in [5.74, 6) is -1.72. The molecule has 4 aliphatic rings. The van der Waals surface area contributed by atoms with Gasteiger partial charge in [0.05, 0.1) is 11.0 Å². The number of carboxylic acids is 1. The number of aryl methyl sites for hydroxylation is 1. The molecule has 1 spiro atoms. The summed E-state index contributed by atoms with van der Waals surface area (Å²) in [6.45, 7) is 5.83. The van der Waals surface area contributed by atoms with Crippen LogP contribution in [0, 0.1) is 12.8 Å². The minimum Gasteiger partial charge on any atom is -0.504 e. The number of aliphatic imine (C=N–C) groups is 1. The van der Waals surface area contributed by atoms with E-state index in [-0.39, 0.29) is 56.0 Å². The highest BCUT2D eigenvalue weighted by molar-refractivity contribution is 5.96. The van der Waals surface area contributed by atoms with Crippen molar-refractivity contribution in [2.45, 2.75) is 88.0 Å². The van der Waals surface area contributed by atoms with Crippen LogP contribution in [0.4, 0.5) is 4.79 Å². The van der Waals surface area contributed by atoms with Gasteiger partial charge in [-0.25, -0.2) is 4.79 Å². The molecule has 1 saturated heterocycles. The minimum atomic E-state index is -1.33. The number of guanidine groups is 1. The molecule has 274 valence electrons. The Morgan fingerprint density at radius 2 is 1.98 bits per heavy atom. The number of nitrogens with one attached hydrogen (secondary N) is 2. The summed E-state index contributed by atoms with van der Waals surface area (Å²) in [6, 6.07) is 2.11. The standard InChI is InChI=1S/C34H49N7O9/c1-19-6-9-23(42)28-27(19)33-12-15-41(18-21-7-8-21)20(2)34(33,48)11-10-24(29(33)50-28)49-32(47)40(3)16-14-37-30(46)22(5-4-13-38-31(35)36)39-25(43)17-26(44)45/h6,9-10,20-22,29,42,48H,4-5,7-8,11-18H2,1-3H3,(H,37,46)(H,39,43)(H,44,45)(H4,35,36,38). The fraction of sp³-hybridized carbons (Fsp3) is 0.618. The summed E-state index contributed by atoms with van der Waals surface area (Å²) in [4.78, 5) is 56.9. The molecule has 50 heavy (non-hydrogen) atoms. The normalized spacial score (nSPS) is 25.8. The molecule has 1 aromatic carbocycles. The number of phenols is 1. The van der Waals surface area contributed by atoms with E-state index in [0.717, 1.165) is 17.7 Å². The number of hydrogen-bond acceptors (Lipinski definition) is 10. The van der Waals surface area contributed by atoms with Crippen LogP contribution in [0.2, 0.25) is 0 Å². The fourth-order valence-electron chi connectivity index (χ4n) is 7.69. The van der Waals surface area contributed by atoms with E-state index in [1.807, 2.05) is 19.9 Å². The van der Waals surface area contributed by atoms with Gasteiger partial charge in [-0.1, -0.05) is 6.07 Å². The van der Waals surface area contributed by atoms with Crippen LogP contribution in [0.25, 0.3) is 0 Å². The zero-order chi connectivity index (χ0) is 36.4. The van der Waals surface area contributed by atoms with Crippen LogP contribution in [0.1, 0.15) is 63.0 Å². The highest BCUT2D eigenvalue weighted by Gasteiger charge is 2.69. The van der Waals surface area contributed by atoms with Crippen molar-refractivity contribution in [1.29, 1.82) is 0 Å². The Hall–Kier alpha value is -4.57. The second-order valence-corrected chi connectivity index (χ2v) is 13.9. The Morgan fingerprint density at radius 1 is 1.24 bits per heavy atom. The third kappa shape index (κ3) is 7.31. The third-order valence-corrected chi connectivity index (χ3v) is 10.5. The maximum absolute atomic E-state index is 13.4. The van der Waals surface area contributed by atoms with Crippen LogP contribution in [0.5, 0.6) is 11.5 Å². The smallest absolute Gasteiger partial charge is 0.414 e. The molecule has 0 bridgehead atoms. The molecule has 1 aromatic rings. The maximum Gasteiger partial charge on any atom is 0.414 e. The van der Waals surface area contributed by atoms with Gasteiger partial charge < -0.3 is 51.8 Å². The summed E-state index contributed by atoms with van der Waals surface area (Å²) < 4.78 is 12.4. The quantitative estimate of drug-likeness (QED) is 0.0605. The summed E-state index contributed by atoms with van der Waals surface area (Å²) in [5, 5.41) is 37.5. The van der Waals surface area contributed by atoms with Gasteiger partial charge in [0.25, 0.3) is 0 Å². The maximum atomic E-state index is 13.4. The van der Waals surface area contributed by atoms with Gasteiger partial charge in [0.1, 0.15) is 18.2 Å². The van der Waals surface area contributed by atoms with Crippen molar-refractivity contribution in [3.05, 3.63) is 35.1 Å². The first-order chi connectivity index (χ1) is 23.7. The predicted octanol–water partition coefficient (Wildman–Crippen LogP) is 0.420. The van der Waals surface area contributed by atoms with Gasteiger partial charge in [0, 0.05) is 51.3 Å². The van der Waals surface area contributed by atoms with Gasteiger partial charge in [-0.15, -0.1) is 0 Å². The van der Waals surface area contributed by atoms with E-state index >= 15 is 0 Å². The second kappa shape index (κ2) is 14.7. The van der Waals surface area contributed by atoms with E-state index < -0.39 is 53.5 Å². The molecule has 2 heterocycles. The number of ether oxygens (including phenoxy) is 2. The molecule has 9 N–H and O–H groups in total. The first-order valence-corrected chi connectivity index (χ1v) is 17.1. The summed E-state index contributed by atoms with van der Waals surface area (Å²) >= 11 is 0. The highest BCUT2D eigenvalue weighted by atomic mass is 16.6. The van der Waals surface area contributed by atoms with E-state index in [1.165, 1.54) is 24.8 Å². The van der Waals surface area contributed by atoms with Crippen LogP contribution in [-0.2, 0) is 24.5 Å². The number of likely N-dealkylation sites (N-methyl/N-ethyl adjacent to an activating group) is 1. The number of aliphatic carboxylic acids is 1. The van der Waals surface area contributed by atoms with E-state index in [9.17, 15) is 29.4 Å². The number of rotatable bonds is 14. The van der Waals surface area contributed by atoms with Crippen LogP contribution < -0.4 is 26.8 Å². The van der Waals surface area contributed by atoms with Crippen LogP contribution >= 0.6 is 0 Å². The summed E-state index contributed by atoms with van der Waals surface area (Å²) in [6.07, 6.45) is 2.94. The average molecular weight is 700 g/mol. The fourth-order valence-corrected chi connectivity index (χ4v) is 7.69. The first kappa shape index (κ1) is 36.7. The number of benzene rings is 1. The van der Waals surface area contributed by atoms with Gasteiger partial charge in [0.15, 0.2) is 23.6 Å². The lowest BCUT2D eigenvalue weighted by atomic mass is 9.54. The van der Waals surface area contributed by atoms with Crippen molar-refractivity contribution in [3.8, 4) is 11.5 Å². The molecule has 2 fully saturated rings. The zero-order valence-electron chi connectivity index (χ0n) is 28.8. The van der Waals surface area contributed by atoms with E-state index in [0.29, 0.717) is 31.1 Å². The van der Waals surface area contributed by atoms with E-state index in [2.05, 4.69) is 20.5 Å². The Labute approximate surface area is 290 Å². The van der Waals surface area contributed by atoms with Crippen molar-refractivity contribution in [2.24, 2.45) is 22.4 Å². The number of piperidine rings is 1. The topological polar surface area (TPSA) is 242 Å². The van der Waals surface area contributed by atoms with Crippen molar-refractivity contribution in [3.63, 3.8) is 0 Å². The summed E-state index contributed by atoms with van der Waals surface area (Å²) in [5.41, 5.74) is 10.1. The average Bonchev–Trinajstić information content (AvgIpc) is 3.80. The van der Waals surface area contributed by atoms with Crippen molar-refractivity contribution < 1.29 is 44.0 Å². The molecule has 3 amide bonds. The molecule has 16 nitrogen and oxygen atoms in total. The van der Waals surface area contributed by atoms with Crippen molar-refractivity contribution in [2.75, 3.05) is 39.8 Å². The molecule has 16 heteroatoms. The predicted molar refractivity (Wildman–Crippen MR) is 181 cm³/mol. The largest absolute Gasteiger partial charge is 0.504 e. The number of aliphatic hydroxyl groups is 1. The van der Waals surface area contributed by atoms with Crippen LogP contribution in [-0.4, -0.2) is 119 Å². The molecule has 5 atom stereocenters. The van der Waals surface area contributed by atoms with Gasteiger partial charge in [-0.3, -0.25) is 24.3 Å². The van der Waals surface area contributed by atoms with Crippen LogP contribution in [0.15, 0.2) is 29.0 Å². The van der Waals surface area contributed by atoms with Gasteiger partial charge in [-0.2, -0.15) is 0 Å². The Morgan fingerprint density at radius 3 is 2.66 bits per heavy atom. The number of carbonyl (C=O) groups excluding carboxylic acids is 3. The number of fused-ring (bicyclic) bond motifs is 1. The zero-order valence-corrected chi connectivity index (χ0v) is 28.8. The molecule has 2 aliphatic heterocycles. The Kier molecular flexibility index (Phi) is 10.8. The lowest BCUT2D eigenvalue weighted by Crippen LogP contribution is -2.72. The van der Waals surface area contributed by atoms with Crippen molar-refractivity contribution >= 4 is 29.8 Å².